The standard InChI is InChI=1S/C8H12ClN3O/c1-13-8(4-2-3-5-8)6-10-7(9)12-11-6/h2-5H2,1H3,(H,10,11,12). The van der Waals surface area contributed by atoms with Crippen molar-refractivity contribution in [2.24, 2.45) is 0 Å². The van der Waals surface area contributed by atoms with Gasteiger partial charge in [-0.25, -0.2) is 0 Å². The third-order valence-electron chi connectivity index (χ3n) is 2.69. The molecule has 0 amide bonds. The molecule has 1 aliphatic carbocycles. The van der Waals surface area contributed by atoms with Crippen molar-refractivity contribution in [1.29, 1.82) is 0 Å². The van der Waals surface area contributed by atoms with Gasteiger partial charge < -0.3 is 4.74 Å². The number of rotatable bonds is 2. The van der Waals surface area contributed by atoms with Crippen LogP contribution in [-0.2, 0) is 10.3 Å². The van der Waals surface area contributed by atoms with E-state index in [-0.39, 0.29) is 10.9 Å². The van der Waals surface area contributed by atoms with E-state index in [0.29, 0.717) is 0 Å². The highest BCUT2D eigenvalue weighted by molar-refractivity contribution is 6.28. The zero-order valence-electron chi connectivity index (χ0n) is 7.51. The van der Waals surface area contributed by atoms with Crippen molar-refractivity contribution < 1.29 is 4.74 Å². The van der Waals surface area contributed by atoms with Gasteiger partial charge in [0, 0.05) is 7.11 Å². The summed E-state index contributed by atoms with van der Waals surface area (Å²) in [4.78, 5) is 4.11. The summed E-state index contributed by atoms with van der Waals surface area (Å²) in [5, 5.41) is 6.89. The first-order chi connectivity index (χ1) is 6.27. The molecule has 72 valence electrons. The fourth-order valence-electron chi connectivity index (χ4n) is 1.93. The quantitative estimate of drug-likeness (QED) is 0.795. The lowest BCUT2D eigenvalue weighted by molar-refractivity contribution is -0.0159. The number of ether oxygens (including phenoxy) is 1. The molecule has 0 spiro atoms. The molecule has 0 atom stereocenters. The monoisotopic (exact) mass is 201 g/mol. The fraction of sp³-hybridized carbons (Fsp3) is 0.750. The summed E-state index contributed by atoms with van der Waals surface area (Å²) in [6, 6.07) is 0. The SMILES string of the molecule is COC1(c2nc(Cl)n[nH]2)CCCC1. The molecule has 2 rings (SSSR count). The van der Waals surface area contributed by atoms with Crippen LogP contribution in [-0.4, -0.2) is 22.3 Å². The number of nitrogens with one attached hydrogen (secondary N) is 1. The molecule has 1 fully saturated rings. The van der Waals surface area contributed by atoms with Gasteiger partial charge in [-0.05, 0) is 37.3 Å². The Hall–Kier alpha value is -0.610. The Bertz CT molecular complexity index is 293. The van der Waals surface area contributed by atoms with E-state index in [9.17, 15) is 0 Å². The van der Waals surface area contributed by atoms with Crippen molar-refractivity contribution in [1.82, 2.24) is 15.2 Å². The van der Waals surface area contributed by atoms with Crippen molar-refractivity contribution in [3.8, 4) is 0 Å². The van der Waals surface area contributed by atoms with Crippen LogP contribution in [0.1, 0.15) is 31.5 Å². The van der Waals surface area contributed by atoms with Gasteiger partial charge in [-0.2, -0.15) is 4.98 Å². The maximum absolute atomic E-state index is 5.65. The van der Waals surface area contributed by atoms with Crippen LogP contribution in [0.15, 0.2) is 0 Å². The maximum atomic E-state index is 5.65. The van der Waals surface area contributed by atoms with E-state index in [0.717, 1.165) is 18.7 Å². The van der Waals surface area contributed by atoms with E-state index >= 15 is 0 Å². The highest BCUT2D eigenvalue weighted by Crippen LogP contribution is 2.39. The molecule has 0 aromatic carbocycles. The first kappa shape index (κ1) is 8.97. The molecule has 1 aliphatic rings. The molecule has 1 heterocycles. The predicted molar refractivity (Wildman–Crippen MR) is 48.5 cm³/mol. The molecule has 0 radical (unpaired) electrons. The minimum atomic E-state index is -0.264. The smallest absolute Gasteiger partial charge is 0.242 e. The Morgan fingerprint density at radius 1 is 1.46 bits per heavy atom. The third kappa shape index (κ3) is 1.44. The second-order valence-corrected chi connectivity index (χ2v) is 3.70. The van der Waals surface area contributed by atoms with Crippen LogP contribution < -0.4 is 0 Å². The summed E-state index contributed by atoms with van der Waals surface area (Å²) >= 11 is 5.65. The Morgan fingerprint density at radius 3 is 2.62 bits per heavy atom. The third-order valence-corrected chi connectivity index (χ3v) is 2.86. The number of halogens is 1. The molecule has 0 bridgehead atoms. The molecule has 5 heteroatoms. The molecule has 0 unspecified atom stereocenters. The van der Waals surface area contributed by atoms with Crippen LogP contribution in [0.5, 0.6) is 0 Å². The number of aromatic nitrogens is 3. The normalized spacial score (nSPS) is 20.8. The molecule has 1 aromatic rings. The van der Waals surface area contributed by atoms with Crippen LogP contribution in [0, 0.1) is 0 Å². The van der Waals surface area contributed by atoms with Gasteiger partial charge in [0.1, 0.15) is 5.60 Å². The van der Waals surface area contributed by atoms with Crippen molar-refractivity contribution in [3.05, 3.63) is 11.1 Å². The van der Waals surface area contributed by atoms with Gasteiger partial charge >= 0.3 is 0 Å². The second kappa shape index (κ2) is 3.27. The highest BCUT2D eigenvalue weighted by Gasteiger charge is 2.38. The van der Waals surface area contributed by atoms with Gasteiger partial charge in [0.05, 0.1) is 0 Å². The van der Waals surface area contributed by atoms with Gasteiger partial charge in [-0.15, -0.1) is 5.10 Å². The topological polar surface area (TPSA) is 50.8 Å². The minimum absolute atomic E-state index is 0.262. The van der Waals surface area contributed by atoms with Crippen molar-refractivity contribution in [3.63, 3.8) is 0 Å². The number of hydrogen-bond acceptors (Lipinski definition) is 3. The van der Waals surface area contributed by atoms with Crippen LogP contribution >= 0.6 is 11.6 Å². The van der Waals surface area contributed by atoms with E-state index in [1.54, 1.807) is 7.11 Å². The zero-order valence-corrected chi connectivity index (χ0v) is 8.26. The van der Waals surface area contributed by atoms with Crippen molar-refractivity contribution in [2.75, 3.05) is 7.11 Å². The van der Waals surface area contributed by atoms with E-state index in [1.165, 1.54) is 12.8 Å². The number of hydrogen-bond donors (Lipinski definition) is 1. The summed E-state index contributed by atoms with van der Waals surface area (Å²) < 4.78 is 5.51. The fourth-order valence-corrected chi connectivity index (χ4v) is 2.06. The molecule has 0 aliphatic heterocycles. The Morgan fingerprint density at radius 2 is 2.15 bits per heavy atom. The Balaban J connectivity index is 2.30. The van der Waals surface area contributed by atoms with E-state index in [4.69, 9.17) is 16.3 Å². The average molecular weight is 202 g/mol. The lowest BCUT2D eigenvalue weighted by Gasteiger charge is -2.23. The zero-order chi connectivity index (χ0) is 9.31. The Labute approximate surface area is 81.6 Å². The van der Waals surface area contributed by atoms with Crippen LogP contribution in [0.4, 0.5) is 0 Å². The Kier molecular flexibility index (Phi) is 2.26. The summed E-state index contributed by atoms with van der Waals surface area (Å²) in [6.07, 6.45) is 4.34. The first-order valence-corrected chi connectivity index (χ1v) is 4.78. The number of methoxy groups -OCH3 is 1. The largest absolute Gasteiger partial charge is 0.370 e. The van der Waals surface area contributed by atoms with Gasteiger partial charge in [0.25, 0.3) is 0 Å². The lowest BCUT2D eigenvalue weighted by atomic mass is 10.0. The van der Waals surface area contributed by atoms with E-state index < -0.39 is 0 Å². The molecule has 1 aromatic heterocycles. The molecule has 4 nitrogen and oxygen atoms in total. The summed E-state index contributed by atoms with van der Waals surface area (Å²) in [7, 11) is 1.71. The van der Waals surface area contributed by atoms with Crippen LogP contribution in [0.2, 0.25) is 5.28 Å². The van der Waals surface area contributed by atoms with Gasteiger partial charge in [0.15, 0.2) is 5.82 Å². The van der Waals surface area contributed by atoms with Crippen LogP contribution in [0.25, 0.3) is 0 Å². The number of aromatic amines is 1. The van der Waals surface area contributed by atoms with E-state index in [1.807, 2.05) is 0 Å². The minimum Gasteiger partial charge on any atom is -0.370 e. The number of H-pyrrole nitrogens is 1. The number of nitrogens with zero attached hydrogens (tertiary/aromatic N) is 2. The average Bonchev–Trinajstić information content (AvgIpc) is 2.73. The summed E-state index contributed by atoms with van der Waals surface area (Å²) in [5.74, 6) is 0.762. The molecular formula is C8H12ClN3O. The van der Waals surface area contributed by atoms with Gasteiger partial charge in [0.2, 0.25) is 5.28 Å². The molecular weight excluding hydrogens is 190 g/mol. The highest BCUT2D eigenvalue weighted by atomic mass is 35.5. The first-order valence-electron chi connectivity index (χ1n) is 4.40. The van der Waals surface area contributed by atoms with Crippen molar-refractivity contribution >= 4 is 11.6 Å². The molecule has 13 heavy (non-hydrogen) atoms. The second-order valence-electron chi connectivity index (χ2n) is 3.36. The van der Waals surface area contributed by atoms with Gasteiger partial charge in [-0.3, -0.25) is 5.10 Å². The van der Waals surface area contributed by atoms with Crippen LogP contribution in [0.3, 0.4) is 0 Å². The lowest BCUT2D eigenvalue weighted by Crippen LogP contribution is -2.26. The molecule has 0 saturated heterocycles. The molecule has 1 N–H and O–H groups in total. The van der Waals surface area contributed by atoms with E-state index in [2.05, 4.69) is 15.2 Å². The predicted octanol–water partition coefficient (Wildman–Crippen LogP) is 1.87. The summed E-state index contributed by atoms with van der Waals surface area (Å²) in [6.45, 7) is 0. The molecule has 1 saturated carbocycles. The summed E-state index contributed by atoms with van der Waals surface area (Å²) in [5.41, 5.74) is -0.264. The maximum Gasteiger partial charge on any atom is 0.242 e. The van der Waals surface area contributed by atoms with Gasteiger partial charge in [-0.1, -0.05) is 0 Å². The van der Waals surface area contributed by atoms with Crippen molar-refractivity contribution in [2.45, 2.75) is 31.3 Å².